The summed E-state index contributed by atoms with van der Waals surface area (Å²) in [5.74, 6) is 0.749. The van der Waals surface area contributed by atoms with Gasteiger partial charge < -0.3 is 19.7 Å². The smallest absolute Gasteiger partial charge is 0.338 e. The molecule has 0 radical (unpaired) electrons. The van der Waals surface area contributed by atoms with Crippen molar-refractivity contribution >= 4 is 17.9 Å². The van der Waals surface area contributed by atoms with Crippen LogP contribution >= 0.6 is 0 Å². The van der Waals surface area contributed by atoms with Crippen LogP contribution < -0.4 is 10.1 Å². The molecule has 0 bridgehead atoms. The number of amides is 3. The Hall–Kier alpha value is -4.89. The molecule has 3 aromatic carbocycles. The molecule has 2 aliphatic heterocycles. The number of hydrogen-bond donors (Lipinski definition) is 1. The molecule has 1 saturated heterocycles. The molecule has 228 valence electrons. The van der Waals surface area contributed by atoms with Gasteiger partial charge in [-0.05, 0) is 55.8 Å². The van der Waals surface area contributed by atoms with Crippen molar-refractivity contribution < 1.29 is 23.9 Å². The Morgan fingerprint density at radius 1 is 0.977 bits per heavy atom. The van der Waals surface area contributed by atoms with Gasteiger partial charge in [-0.25, -0.2) is 9.59 Å². The first-order valence-corrected chi connectivity index (χ1v) is 14.9. The van der Waals surface area contributed by atoms with E-state index in [1.165, 1.54) is 0 Å². The molecule has 2 unspecified atom stereocenters. The Bertz CT molecular complexity index is 1520. The number of piperazine rings is 1. The average Bonchev–Trinajstić information content (AvgIpc) is 3.03. The van der Waals surface area contributed by atoms with E-state index >= 15 is 0 Å². The quantitative estimate of drug-likeness (QED) is 0.250. The molecular weight excluding hydrogens is 556 g/mol. The number of hydrogen-bond acceptors (Lipinski definition) is 6. The molecular formula is C35H38N4O5. The minimum Gasteiger partial charge on any atom is -0.463 e. The van der Waals surface area contributed by atoms with E-state index in [-0.39, 0.29) is 31.1 Å². The van der Waals surface area contributed by atoms with Crippen molar-refractivity contribution in [1.82, 2.24) is 20.0 Å². The van der Waals surface area contributed by atoms with Gasteiger partial charge in [0.05, 0.1) is 18.2 Å². The average molecular weight is 595 g/mol. The minimum absolute atomic E-state index is 0.00725. The molecule has 0 spiro atoms. The third kappa shape index (κ3) is 6.84. The predicted molar refractivity (Wildman–Crippen MR) is 168 cm³/mol. The highest BCUT2D eigenvalue weighted by atomic mass is 16.5. The van der Waals surface area contributed by atoms with Crippen LogP contribution in [0.15, 0.2) is 109 Å². The van der Waals surface area contributed by atoms with Gasteiger partial charge in [0.25, 0.3) is 5.91 Å². The summed E-state index contributed by atoms with van der Waals surface area (Å²) in [5, 5.41) is 3.02. The van der Waals surface area contributed by atoms with E-state index in [2.05, 4.69) is 16.8 Å². The second-order valence-corrected chi connectivity index (χ2v) is 10.8. The number of para-hydroxylation sites is 1. The number of ether oxygens (including phenoxy) is 2. The van der Waals surface area contributed by atoms with E-state index in [0.717, 1.165) is 0 Å². The fraction of sp³-hybridized carbons (Fsp3) is 0.286. The summed E-state index contributed by atoms with van der Waals surface area (Å²) in [6.07, 6.45) is 1.64. The third-order valence-electron chi connectivity index (χ3n) is 7.78. The van der Waals surface area contributed by atoms with Crippen molar-refractivity contribution in [2.45, 2.75) is 25.9 Å². The number of esters is 1. The summed E-state index contributed by atoms with van der Waals surface area (Å²) >= 11 is 0. The maximum absolute atomic E-state index is 13.6. The summed E-state index contributed by atoms with van der Waals surface area (Å²) < 4.78 is 11.6. The molecule has 3 aromatic rings. The predicted octanol–water partition coefficient (Wildman–Crippen LogP) is 5.39. The topological polar surface area (TPSA) is 91.4 Å². The van der Waals surface area contributed by atoms with Crippen molar-refractivity contribution in [3.63, 3.8) is 0 Å². The molecule has 1 N–H and O–H groups in total. The fourth-order valence-corrected chi connectivity index (χ4v) is 5.71. The second-order valence-electron chi connectivity index (χ2n) is 10.8. The molecule has 5 rings (SSSR count). The van der Waals surface area contributed by atoms with Crippen molar-refractivity contribution in [2.75, 3.05) is 39.3 Å². The molecule has 0 aromatic heterocycles. The van der Waals surface area contributed by atoms with Gasteiger partial charge in [0.2, 0.25) is 0 Å². The monoisotopic (exact) mass is 594 g/mol. The lowest BCUT2D eigenvalue weighted by atomic mass is 9.93. The molecule has 0 aliphatic carbocycles. The van der Waals surface area contributed by atoms with Gasteiger partial charge in [0.1, 0.15) is 11.5 Å². The normalized spacial score (nSPS) is 18.9. The molecule has 0 saturated carbocycles. The van der Waals surface area contributed by atoms with Gasteiger partial charge in [-0.15, -0.1) is 6.58 Å². The molecule has 3 amide bonds. The van der Waals surface area contributed by atoms with Crippen LogP contribution in [-0.4, -0.2) is 78.0 Å². The largest absolute Gasteiger partial charge is 0.463 e. The lowest BCUT2D eigenvalue weighted by Gasteiger charge is -2.43. The van der Waals surface area contributed by atoms with Crippen molar-refractivity contribution in [3.05, 3.63) is 120 Å². The van der Waals surface area contributed by atoms with Gasteiger partial charge in [-0.1, -0.05) is 54.6 Å². The SMILES string of the molecule is C=CCN1C(=O)NC(c2cccc(Oc3ccccc3)c2)C(C(=O)OCC)=C1CN1CCN(C(=O)c2ccccc2)C(C)C1. The zero-order chi connectivity index (χ0) is 31.1. The first-order chi connectivity index (χ1) is 21.4. The van der Waals surface area contributed by atoms with Crippen LogP contribution in [0.4, 0.5) is 4.79 Å². The van der Waals surface area contributed by atoms with Crippen LogP contribution in [0.2, 0.25) is 0 Å². The Labute approximate surface area is 258 Å². The van der Waals surface area contributed by atoms with Crippen LogP contribution in [0.3, 0.4) is 0 Å². The van der Waals surface area contributed by atoms with E-state index in [4.69, 9.17) is 9.47 Å². The van der Waals surface area contributed by atoms with E-state index in [1.54, 1.807) is 17.9 Å². The van der Waals surface area contributed by atoms with Crippen molar-refractivity contribution in [1.29, 1.82) is 0 Å². The number of nitrogens with zero attached hydrogens (tertiary/aromatic N) is 3. The molecule has 9 heteroatoms. The van der Waals surface area contributed by atoms with Gasteiger partial charge in [-0.2, -0.15) is 0 Å². The standard InChI is InChI=1S/C35H38N4O5/c1-4-19-39-30(24-37-20-21-38(25(3)23-37)33(40)26-13-8-6-9-14-26)31(34(41)43-5-2)32(36-35(39)42)27-15-12-18-29(22-27)44-28-16-10-7-11-17-28/h4,6-18,22,25,32H,1,5,19-21,23-24H2,2-3H3,(H,36,42). The van der Waals surface area contributed by atoms with E-state index in [1.807, 2.05) is 96.8 Å². The number of nitrogens with one attached hydrogen (secondary N) is 1. The fourth-order valence-electron chi connectivity index (χ4n) is 5.71. The van der Waals surface area contributed by atoms with Crippen LogP contribution in [-0.2, 0) is 9.53 Å². The van der Waals surface area contributed by atoms with Gasteiger partial charge >= 0.3 is 12.0 Å². The second kappa shape index (κ2) is 14.1. The number of benzene rings is 3. The first-order valence-electron chi connectivity index (χ1n) is 14.9. The Balaban J connectivity index is 1.46. The highest BCUT2D eigenvalue weighted by molar-refractivity contribution is 5.95. The molecule has 2 heterocycles. The number of rotatable bonds is 10. The maximum Gasteiger partial charge on any atom is 0.338 e. The van der Waals surface area contributed by atoms with Gasteiger partial charge in [-0.3, -0.25) is 14.6 Å². The third-order valence-corrected chi connectivity index (χ3v) is 7.78. The highest BCUT2D eigenvalue weighted by Crippen LogP contribution is 2.34. The summed E-state index contributed by atoms with van der Waals surface area (Å²) in [5.41, 5.74) is 2.27. The minimum atomic E-state index is -0.754. The van der Waals surface area contributed by atoms with Crippen LogP contribution in [0.1, 0.15) is 35.8 Å². The summed E-state index contributed by atoms with van der Waals surface area (Å²) in [7, 11) is 0. The van der Waals surface area contributed by atoms with Crippen LogP contribution in [0.25, 0.3) is 0 Å². The van der Waals surface area contributed by atoms with E-state index < -0.39 is 12.0 Å². The number of carbonyl (C=O) groups excluding carboxylic acids is 3. The lowest BCUT2D eigenvalue weighted by molar-refractivity contribution is -0.139. The number of carbonyl (C=O) groups is 3. The highest BCUT2D eigenvalue weighted by Gasteiger charge is 2.39. The molecule has 1 fully saturated rings. The molecule has 44 heavy (non-hydrogen) atoms. The van der Waals surface area contributed by atoms with Gasteiger partial charge in [0.15, 0.2) is 0 Å². The lowest BCUT2D eigenvalue weighted by Crippen LogP contribution is -2.56. The van der Waals surface area contributed by atoms with Crippen LogP contribution in [0, 0.1) is 0 Å². The maximum atomic E-state index is 13.6. The molecule has 9 nitrogen and oxygen atoms in total. The Morgan fingerprint density at radius 2 is 1.68 bits per heavy atom. The van der Waals surface area contributed by atoms with Crippen molar-refractivity contribution in [2.24, 2.45) is 0 Å². The zero-order valence-corrected chi connectivity index (χ0v) is 25.1. The van der Waals surface area contributed by atoms with Gasteiger partial charge in [0, 0.05) is 50.0 Å². The first kappa shape index (κ1) is 30.6. The summed E-state index contributed by atoms with van der Waals surface area (Å²) in [6, 6.07) is 24.9. The Morgan fingerprint density at radius 3 is 2.36 bits per heavy atom. The van der Waals surface area contributed by atoms with E-state index in [0.29, 0.717) is 60.1 Å². The Kier molecular flexibility index (Phi) is 9.76. The molecule has 2 aliphatic rings. The number of urea groups is 1. The summed E-state index contributed by atoms with van der Waals surface area (Å²) in [6.45, 7) is 10.0. The summed E-state index contributed by atoms with van der Waals surface area (Å²) in [4.78, 5) is 46.0. The van der Waals surface area contributed by atoms with Crippen LogP contribution in [0.5, 0.6) is 11.5 Å². The molecule has 2 atom stereocenters. The zero-order valence-electron chi connectivity index (χ0n) is 25.1. The van der Waals surface area contributed by atoms with E-state index in [9.17, 15) is 14.4 Å². The van der Waals surface area contributed by atoms with Crippen molar-refractivity contribution in [3.8, 4) is 11.5 Å².